The van der Waals surface area contributed by atoms with Gasteiger partial charge in [-0.2, -0.15) is 0 Å². The fourth-order valence-electron chi connectivity index (χ4n) is 4.66. The van der Waals surface area contributed by atoms with E-state index in [1.54, 1.807) is 11.1 Å². The van der Waals surface area contributed by atoms with Crippen molar-refractivity contribution in [3.05, 3.63) is 47.5 Å². The summed E-state index contributed by atoms with van der Waals surface area (Å²) in [7, 11) is 0. The van der Waals surface area contributed by atoms with Crippen LogP contribution in [0.15, 0.2) is 30.9 Å². The lowest BCUT2D eigenvalue weighted by atomic mass is 9.79. The summed E-state index contributed by atoms with van der Waals surface area (Å²) in [5.74, 6) is 1.40. The molecule has 0 amide bonds. The van der Waals surface area contributed by atoms with Crippen LogP contribution in [0.4, 0.5) is 0 Å². The van der Waals surface area contributed by atoms with Crippen LogP contribution in [-0.2, 0) is 12.8 Å². The summed E-state index contributed by atoms with van der Waals surface area (Å²) in [6, 6.07) is 7.14. The van der Waals surface area contributed by atoms with Gasteiger partial charge in [-0.25, -0.2) is 0 Å². The number of allylic oxidation sites excluding steroid dienone is 1. The summed E-state index contributed by atoms with van der Waals surface area (Å²) in [5.41, 5.74) is 10.5. The maximum absolute atomic E-state index is 9.49. The van der Waals surface area contributed by atoms with Crippen LogP contribution in [0.1, 0.15) is 74.0 Å². The molecule has 3 atom stereocenters. The number of hydrogen-bond donors (Lipinski definition) is 2. The molecular weight excluding hydrogens is 294 g/mol. The molecule has 3 N–H and O–H groups in total. The molecule has 1 unspecified atom stereocenters. The van der Waals surface area contributed by atoms with Crippen LogP contribution in [0, 0.1) is 5.92 Å². The lowest BCUT2D eigenvalue weighted by Gasteiger charge is -2.26. The first kappa shape index (κ1) is 17.7. The van der Waals surface area contributed by atoms with E-state index in [4.69, 9.17) is 5.73 Å². The summed E-state index contributed by atoms with van der Waals surface area (Å²) >= 11 is 0. The van der Waals surface area contributed by atoms with Crippen LogP contribution < -0.4 is 5.73 Å². The van der Waals surface area contributed by atoms with Crippen molar-refractivity contribution in [1.82, 2.24) is 0 Å². The number of fused-ring (bicyclic) bond motifs is 1. The Hall–Kier alpha value is -1.12. The monoisotopic (exact) mass is 327 g/mol. The first-order valence-electron chi connectivity index (χ1n) is 9.76. The average molecular weight is 328 g/mol. The smallest absolute Gasteiger partial charge is 0.0611 e. The third kappa shape index (κ3) is 4.10. The highest BCUT2D eigenvalue weighted by Crippen LogP contribution is 2.40. The van der Waals surface area contributed by atoms with Gasteiger partial charge < -0.3 is 10.8 Å². The molecule has 0 heterocycles. The average Bonchev–Trinajstić information content (AvgIpc) is 3.01. The molecule has 2 nitrogen and oxygen atoms in total. The zero-order valence-electron chi connectivity index (χ0n) is 15.0. The summed E-state index contributed by atoms with van der Waals surface area (Å²) in [4.78, 5) is 0. The number of unbranched alkanes of at least 4 members (excludes halogenated alkanes) is 2. The molecule has 2 heteroatoms. The Kier molecular flexibility index (Phi) is 5.78. The van der Waals surface area contributed by atoms with Crippen LogP contribution in [-0.4, -0.2) is 17.3 Å². The second-order valence-corrected chi connectivity index (χ2v) is 8.17. The molecule has 0 aliphatic heterocycles. The molecule has 132 valence electrons. The van der Waals surface area contributed by atoms with E-state index in [1.807, 2.05) is 6.08 Å². The van der Waals surface area contributed by atoms with Crippen molar-refractivity contribution in [2.45, 2.75) is 75.7 Å². The first-order chi connectivity index (χ1) is 11.6. The summed E-state index contributed by atoms with van der Waals surface area (Å²) in [6.45, 7) is 3.92. The molecule has 1 fully saturated rings. The summed E-state index contributed by atoms with van der Waals surface area (Å²) in [6.07, 6.45) is 14.0. The Morgan fingerprint density at radius 1 is 1.25 bits per heavy atom. The van der Waals surface area contributed by atoms with E-state index >= 15 is 0 Å². The molecule has 0 saturated heterocycles. The van der Waals surface area contributed by atoms with Crippen LogP contribution in [0.25, 0.3) is 0 Å². The van der Waals surface area contributed by atoms with E-state index in [0.717, 1.165) is 31.6 Å². The second kappa shape index (κ2) is 7.84. The minimum absolute atomic E-state index is 0.113. The molecule has 0 spiro atoms. The van der Waals surface area contributed by atoms with Gasteiger partial charge in [0.05, 0.1) is 6.61 Å². The predicted octanol–water partition coefficient (Wildman–Crippen LogP) is 4.50. The maximum Gasteiger partial charge on any atom is 0.0611 e. The molecule has 1 aromatic rings. The van der Waals surface area contributed by atoms with Crippen molar-refractivity contribution in [1.29, 1.82) is 0 Å². The van der Waals surface area contributed by atoms with Crippen molar-refractivity contribution in [3.8, 4) is 0 Å². The van der Waals surface area contributed by atoms with Crippen LogP contribution in [0.3, 0.4) is 0 Å². The predicted molar refractivity (Wildman–Crippen MR) is 101 cm³/mol. The van der Waals surface area contributed by atoms with Gasteiger partial charge in [-0.1, -0.05) is 37.1 Å². The van der Waals surface area contributed by atoms with Crippen molar-refractivity contribution in [3.63, 3.8) is 0 Å². The van der Waals surface area contributed by atoms with Crippen molar-refractivity contribution >= 4 is 0 Å². The Morgan fingerprint density at radius 3 is 2.88 bits per heavy atom. The maximum atomic E-state index is 9.49. The van der Waals surface area contributed by atoms with Gasteiger partial charge >= 0.3 is 0 Å². The lowest BCUT2D eigenvalue weighted by molar-refractivity contribution is 0.198. The molecule has 0 aromatic heterocycles. The minimum Gasteiger partial charge on any atom is -0.394 e. The zero-order chi connectivity index (χ0) is 17.0. The molecule has 1 saturated carbocycles. The van der Waals surface area contributed by atoms with Gasteiger partial charge in [0.25, 0.3) is 0 Å². The minimum atomic E-state index is -0.350. The Morgan fingerprint density at radius 2 is 2.12 bits per heavy atom. The van der Waals surface area contributed by atoms with E-state index in [2.05, 4.69) is 24.8 Å². The van der Waals surface area contributed by atoms with Gasteiger partial charge in [0.15, 0.2) is 0 Å². The Labute approximate surface area is 147 Å². The third-order valence-electron chi connectivity index (χ3n) is 6.26. The van der Waals surface area contributed by atoms with Crippen molar-refractivity contribution < 1.29 is 5.11 Å². The molecule has 2 aliphatic carbocycles. The molecule has 0 radical (unpaired) electrons. The number of aliphatic hydroxyl groups is 1. The number of nitrogens with two attached hydrogens (primary N) is 1. The molecule has 2 aliphatic rings. The van der Waals surface area contributed by atoms with Crippen LogP contribution in [0.2, 0.25) is 0 Å². The molecule has 3 rings (SSSR count). The SMILES string of the molecule is C=CCCCCC1CCc2cc([C@H]3CC[C@](N)(CO)C3)ccc2C1. The normalized spacial score (nSPS) is 29.4. The number of rotatable bonds is 7. The van der Waals surface area contributed by atoms with Gasteiger partial charge in [-0.3, -0.25) is 0 Å². The van der Waals surface area contributed by atoms with Gasteiger partial charge in [0, 0.05) is 5.54 Å². The van der Waals surface area contributed by atoms with E-state index in [-0.39, 0.29) is 12.1 Å². The van der Waals surface area contributed by atoms with Gasteiger partial charge in [0.1, 0.15) is 0 Å². The topological polar surface area (TPSA) is 46.2 Å². The van der Waals surface area contributed by atoms with Gasteiger partial charge in [-0.05, 0) is 79.9 Å². The Balaban J connectivity index is 1.59. The highest BCUT2D eigenvalue weighted by molar-refractivity contribution is 5.36. The highest BCUT2D eigenvalue weighted by atomic mass is 16.3. The fourth-order valence-corrected chi connectivity index (χ4v) is 4.66. The molecule has 1 aromatic carbocycles. The highest BCUT2D eigenvalue weighted by Gasteiger charge is 2.36. The van der Waals surface area contributed by atoms with E-state index in [0.29, 0.717) is 5.92 Å². The van der Waals surface area contributed by atoms with Crippen molar-refractivity contribution in [2.75, 3.05) is 6.61 Å². The molecule has 24 heavy (non-hydrogen) atoms. The second-order valence-electron chi connectivity index (χ2n) is 8.17. The van der Waals surface area contributed by atoms with Crippen LogP contribution in [0.5, 0.6) is 0 Å². The van der Waals surface area contributed by atoms with E-state index in [9.17, 15) is 5.11 Å². The summed E-state index contributed by atoms with van der Waals surface area (Å²) in [5, 5.41) is 9.49. The Bertz CT molecular complexity index is 567. The first-order valence-corrected chi connectivity index (χ1v) is 9.76. The fraction of sp³-hybridized carbons (Fsp3) is 0.636. The quantitative estimate of drug-likeness (QED) is 0.572. The van der Waals surface area contributed by atoms with Crippen molar-refractivity contribution in [2.24, 2.45) is 11.7 Å². The van der Waals surface area contributed by atoms with E-state index < -0.39 is 0 Å². The molecular formula is C22H33NO. The number of aryl methyl sites for hydroxylation is 1. The van der Waals surface area contributed by atoms with Gasteiger partial charge in [-0.15, -0.1) is 6.58 Å². The zero-order valence-corrected chi connectivity index (χ0v) is 15.0. The van der Waals surface area contributed by atoms with E-state index in [1.165, 1.54) is 44.1 Å². The largest absolute Gasteiger partial charge is 0.394 e. The summed E-state index contributed by atoms with van der Waals surface area (Å²) < 4.78 is 0. The number of aliphatic hydroxyl groups excluding tert-OH is 1. The van der Waals surface area contributed by atoms with Crippen LogP contribution >= 0.6 is 0 Å². The lowest BCUT2D eigenvalue weighted by Crippen LogP contribution is -2.40. The molecule has 0 bridgehead atoms. The third-order valence-corrected chi connectivity index (χ3v) is 6.26. The number of benzene rings is 1. The van der Waals surface area contributed by atoms with Gasteiger partial charge in [0.2, 0.25) is 0 Å². The standard InChI is InChI=1S/C22H33NO/c1-2-3-4-5-6-17-7-8-19-14-20(10-9-18(19)13-17)21-11-12-22(23,15-21)16-24/h2,9-10,14,17,21,24H,1,3-8,11-13,15-16,23H2/t17?,21-,22+/m0/s1. The number of hydrogen-bond acceptors (Lipinski definition) is 2.